The standard InChI is InChI=1S/C9H10N2/c1-2-3-6-9-8(10)5-4-7-11-9/h1,4-5,7H,3,6,10H2. The van der Waals surface area contributed by atoms with Crippen LogP contribution in [0.1, 0.15) is 12.1 Å². The lowest BCUT2D eigenvalue weighted by Gasteiger charge is -1.99. The van der Waals surface area contributed by atoms with E-state index in [4.69, 9.17) is 12.2 Å². The van der Waals surface area contributed by atoms with Gasteiger partial charge in [0.1, 0.15) is 0 Å². The summed E-state index contributed by atoms with van der Waals surface area (Å²) >= 11 is 0. The van der Waals surface area contributed by atoms with Gasteiger partial charge in [0.05, 0.1) is 11.4 Å². The number of nitrogens with zero attached hydrogens (tertiary/aromatic N) is 1. The maximum Gasteiger partial charge on any atom is 0.0642 e. The monoisotopic (exact) mass is 146 g/mol. The zero-order chi connectivity index (χ0) is 8.10. The second-order valence-electron chi connectivity index (χ2n) is 2.24. The van der Waals surface area contributed by atoms with Crippen LogP contribution in [0.25, 0.3) is 0 Å². The van der Waals surface area contributed by atoms with Crippen LogP contribution < -0.4 is 5.73 Å². The van der Waals surface area contributed by atoms with Crippen molar-refractivity contribution in [1.82, 2.24) is 4.98 Å². The number of nitrogens with two attached hydrogens (primary N) is 1. The van der Waals surface area contributed by atoms with Gasteiger partial charge in [0.2, 0.25) is 0 Å². The zero-order valence-electron chi connectivity index (χ0n) is 6.25. The number of pyridine rings is 1. The van der Waals surface area contributed by atoms with Crippen molar-refractivity contribution in [3.8, 4) is 12.3 Å². The van der Waals surface area contributed by atoms with E-state index in [2.05, 4.69) is 10.9 Å². The Morgan fingerprint density at radius 3 is 3.09 bits per heavy atom. The first-order valence-electron chi connectivity index (χ1n) is 3.47. The molecule has 0 spiro atoms. The summed E-state index contributed by atoms with van der Waals surface area (Å²) < 4.78 is 0. The van der Waals surface area contributed by atoms with E-state index < -0.39 is 0 Å². The molecule has 11 heavy (non-hydrogen) atoms. The molecular weight excluding hydrogens is 136 g/mol. The molecule has 0 aliphatic heterocycles. The van der Waals surface area contributed by atoms with Crippen LogP contribution in [0, 0.1) is 12.3 Å². The summed E-state index contributed by atoms with van der Waals surface area (Å²) in [6.07, 6.45) is 8.29. The molecule has 1 aromatic heterocycles. The van der Waals surface area contributed by atoms with Crippen molar-refractivity contribution in [2.24, 2.45) is 0 Å². The molecular formula is C9H10N2. The number of hydrogen-bond acceptors (Lipinski definition) is 2. The molecule has 2 heteroatoms. The van der Waals surface area contributed by atoms with E-state index in [0.717, 1.165) is 17.8 Å². The molecule has 0 fully saturated rings. The molecule has 56 valence electrons. The Labute approximate surface area is 66.4 Å². The fourth-order valence-corrected chi connectivity index (χ4v) is 0.850. The van der Waals surface area contributed by atoms with Crippen LogP contribution in [-0.4, -0.2) is 4.98 Å². The molecule has 1 rings (SSSR count). The van der Waals surface area contributed by atoms with Crippen LogP contribution in [0.5, 0.6) is 0 Å². The van der Waals surface area contributed by atoms with Gasteiger partial charge in [-0.2, -0.15) is 0 Å². The smallest absolute Gasteiger partial charge is 0.0642 e. The molecule has 0 aliphatic rings. The molecule has 1 aromatic rings. The normalized spacial score (nSPS) is 9.00. The Bertz CT molecular complexity index is 273. The minimum atomic E-state index is 0.696. The van der Waals surface area contributed by atoms with Crippen molar-refractivity contribution in [2.45, 2.75) is 12.8 Å². The molecule has 0 aromatic carbocycles. The van der Waals surface area contributed by atoms with Crippen molar-refractivity contribution in [1.29, 1.82) is 0 Å². The highest BCUT2D eigenvalue weighted by molar-refractivity contribution is 5.42. The third-order valence-corrected chi connectivity index (χ3v) is 1.43. The first-order valence-corrected chi connectivity index (χ1v) is 3.47. The van der Waals surface area contributed by atoms with Gasteiger partial charge in [0.25, 0.3) is 0 Å². The lowest BCUT2D eigenvalue weighted by Crippen LogP contribution is -1.96. The predicted molar refractivity (Wildman–Crippen MR) is 45.8 cm³/mol. The summed E-state index contributed by atoms with van der Waals surface area (Å²) in [5.41, 5.74) is 7.25. The molecule has 2 nitrogen and oxygen atoms in total. The minimum absolute atomic E-state index is 0.696. The highest BCUT2D eigenvalue weighted by Crippen LogP contribution is 2.08. The van der Waals surface area contributed by atoms with Crippen molar-refractivity contribution < 1.29 is 0 Å². The topological polar surface area (TPSA) is 38.9 Å². The molecule has 0 bridgehead atoms. The molecule has 0 unspecified atom stereocenters. The van der Waals surface area contributed by atoms with Gasteiger partial charge in [0, 0.05) is 19.0 Å². The van der Waals surface area contributed by atoms with Gasteiger partial charge in [-0.05, 0) is 12.1 Å². The number of anilines is 1. The van der Waals surface area contributed by atoms with E-state index in [9.17, 15) is 0 Å². The average Bonchev–Trinajstić information content (AvgIpc) is 2.03. The summed E-state index contributed by atoms with van der Waals surface area (Å²) in [6, 6.07) is 3.65. The van der Waals surface area contributed by atoms with Gasteiger partial charge in [-0.1, -0.05) is 0 Å². The second kappa shape index (κ2) is 3.62. The zero-order valence-corrected chi connectivity index (χ0v) is 6.25. The number of aryl methyl sites for hydroxylation is 1. The number of nitrogen functional groups attached to an aromatic ring is 1. The summed E-state index contributed by atoms with van der Waals surface area (Å²) in [5, 5.41) is 0. The Kier molecular flexibility index (Phi) is 2.51. The Morgan fingerprint density at radius 2 is 2.45 bits per heavy atom. The minimum Gasteiger partial charge on any atom is -0.397 e. The van der Waals surface area contributed by atoms with Crippen LogP contribution in [0.4, 0.5) is 5.69 Å². The fourth-order valence-electron chi connectivity index (χ4n) is 0.850. The van der Waals surface area contributed by atoms with E-state index in [1.54, 1.807) is 6.20 Å². The molecule has 0 amide bonds. The van der Waals surface area contributed by atoms with Crippen LogP contribution in [0.3, 0.4) is 0 Å². The van der Waals surface area contributed by atoms with E-state index >= 15 is 0 Å². The number of terminal acetylenes is 1. The number of aromatic nitrogens is 1. The SMILES string of the molecule is C#CCCc1ncccc1N. The van der Waals surface area contributed by atoms with Crippen LogP contribution in [0.15, 0.2) is 18.3 Å². The molecule has 0 atom stereocenters. The van der Waals surface area contributed by atoms with Crippen molar-refractivity contribution in [3.05, 3.63) is 24.0 Å². The summed E-state index contributed by atoms with van der Waals surface area (Å²) in [6.45, 7) is 0. The van der Waals surface area contributed by atoms with E-state index in [-0.39, 0.29) is 0 Å². The number of hydrogen-bond donors (Lipinski definition) is 1. The maximum absolute atomic E-state index is 5.63. The highest BCUT2D eigenvalue weighted by Gasteiger charge is 1.96. The van der Waals surface area contributed by atoms with Crippen molar-refractivity contribution in [2.75, 3.05) is 5.73 Å². The van der Waals surface area contributed by atoms with Gasteiger partial charge >= 0.3 is 0 Å². The first kappa shape index (κ1) is 7.62. The van der Waals surface area contributed by atoms with E-state index in [0.29, 0.717) is 6.42 Å². The summed E-state index contributed by atoms with van der Waals surface area (Å²) in [5.74, 6) is 2.55. The van der Waals surface area contributed by atoms with Crippen LogP contribution >= 0.6 is 0 Å². The van der Waals surface area contributed by atoms with Gasteiger partial charge in [-0.25, -0.2) is 0 Å². The van der Waals surface area contributed by atoms with E-state index in [1.165, 1.54) is 0 Å². The van der Waals surface area contributed by atoms with Crippen molar-refractivity contribution in [3.63, 3.8) is 0 Å². The third kappa shape index (κ3) is 1.98. The number of rotatable bonds is 2. The van der Waals surface area contributed by atoms with Crippen molar-refractivity contribution >= 4 is 5.69 Å². The Balaban J connectivity index is 2.71. The molecule has 1 heterocycles. The van der Waals surface area contributed by atoms with Crippen LogP contribution in [-0.2, 0) is 6.42 Å². The third-order valence-electron chi connectivity index (χ3n) is 1.43. The highest BCUT2D eigenvalue weighted by atomic mass is 14.7. The summed E-state index contributed by atoms with van der Waals surface area (Å²) in [7, 11) is 0. The summed E-state index contributed by atoms with van der Waals surface area (Å²) in [4.78, 5) is 4.10. The molecule has 0 radical (unpaired) electrons. The predicted octanol–water partition coefficient (Wildman–Crippen LogP) is 1.23. The Hall–Kier alpha value is -1.49. The lowest BCUT2D eigenvalue weighted by atomic mass is 10.2. The maximum atomic E-state index is 5.63. The van der Waals surface area contributed by atoms with Gasteiger partial charge < -0.3 is 5.73 Å². The van der Waals surface area contributed by atoms with E-state index in [1.807, 2.05) is 12.1 Å². The first-order chi connectivity index (χ1) is 5.34. The van der Waals surface area contributed by atoms with Gasteiger partial charge in [-0.15, -0.1) is 12.3 Å². The molecule has 2 N–H and O–H groups in total. The molecule has 0 saturated carbocycles. The molecule has 0 saturated heterocycles. The molecule has 0 aliphatic carbocycles. The Morgan fingerprint density at radius 1 is 1.64 bits per heavy atom. The fraction of sp³-hybridized carbons (Fsp3) is 0.222. The average molecular weight is 146 g/mol. The quantitative estimate of drug-likeness (QED) is 0.637. The van der Waals surface area contributed by atoms with Gasteiger partial charge in [0.15, 0.2) is 0 Å². The lowest BCUT2D eigenvalue weighted by molar-refractivity contribution is 0.968. The van der Waals surface area contributed by atoms with Crippen LogP contribution in [0.2, 0.25) is 0 Å². The van der Waals surface area contributed by atoms with Gasteiger partial charge in [-0.3, -0.25) is 4.98 Å². The largest absolute Gasteiger partial charge is 0.397 e. The second-order valence-corrected chi connectivity index (χ2v) is 2.24.